The molecule has 0 unspecified atom stereocenters. The van der Waals surface area contributed by atoms with Crippen molar-refractivity contribution < 1.29 is 21.9 Å². The molecule has 0 aromatic heterocycles. The lowest BCUT2D eigenvalue weighted by Crippen LogP contribution is -2.33. The van der Waals surface area contributed by atoms with Gasteiger partial charge in [-0.1, -0.05) is 359 Å². The minimum Gasteiger partial charge on any atom is -0.355 e. The molecule has 0 amide bonds. The van der Waals surface area contributed by atoms with E-state index < -0.39 is 113 Å². The van der Waals surface area contributed by atoms with Crippen LogP contribution < -0.4 is 31.8 Å². The summed E-state index contributed by atoms with van der Waals surface area (Å²) in [6.45, 7) is 6.47. The molecule has 113 heavy (non-hydrogen) atoms. The number of nitrogens with one attached hydrogen (secondary N) is 3. The van der Waals surface area contributed by atoms with E-state index >= 15 is 0 Å². The first-order valence-corrected chi connectivity index (χ1v) is 38.0. The molecule has 0 atom stereocenters. The molecule has 2 spiro atoms. The number of hydrogen-bond acceptors (Lipinski definition) is 4. The molecule has 5 heteroatoms. The molecule has 0 bridgehead atoms. The molecule has 4 aliphatic carbocycles. The first-order chi connectivity index (χ1) is 62.3. The molecule has 4 nitrogen and oxygen atoms in total. The third kappa shape index (κ3) is 10.9. The number of hydrogen-bond donors (Lipinski definition) is 3. The van der Waals surface area contributed by atoms with Gasteiger partial charge in [-0.25, -0.2) is 0 Å². The van der Waals surface area contributed by atoms with Crippen LogP contribution in [0.4, 0.5) is 51.2 Å². The van der Waals surface area contributed by atoms with Gasteiger partial charge in [-0.3, -0.25) is 0 Å². The Bertz CT molecular complexity index is 7560. The average molecular weight is 1460 g/mol. The van der Waals surface area contributed by atoms with Gasteiger partial charge in [0.15, 0.2) is 7.28 Å². The predicted molar refractivity (Wildman–Crippen MR) is 475 cm³/mol. The van der Waals surface area contributed by atoms with Crippen LogP contribution in [0.2, 0.25) is 0 Å². The first-order valence-electron chi connectivity index (χ1n) is 46.0. The molecule has 0 heterocycles. The van der Waals surface area contributed by atoms with Gasteiger partial charge in [0.1, 0.15) is 0 Å². The van der Waals surface area contributed by atoms with E-state index in [9.17, 15) is 8.22 Å². The van der Waals surface area contributed by atoms with Crippen molar-refractivity contribution in [2.75, 3.05) is 20.9 Å². The van der Waals surface area contributed by atoms with E-state index in [4.69, 9.17) is 13.7 Å². The van der Waals surface area contributed by atoms with Crippen LogP contribution in [0.5, 0.6) is 0 Å². The Morgan fingerprint density at radius 1 is 0.265 bits per heavy atom. The zero-order valence-corrected chi connectivity index (χ0v) is 61.9. The summed E-state index contributed by atoms with van der Waals surface area (Å²) in [5.41, 5.74) is 25.7. The maximum absolute atomic E-state index is 9.61. The van der Waals surface area contributed by atoms with Gasteiger partial charge >= 0.3 is 0 Å². The number of benzene rings is 17. The number of para-hydroxylation sites is 4. The Morgan fingerprint density at radius 2 is 0.690 bits per heavy atom. The molecule has 3 N–H and O–H groups in total. The second kappa shape index (κ2) is 26.9. The number of rotatable bonds is 15. The maximum Gasteiger partial charge on any atom is 0.197 e. The molecular formula is C108H78BN4. The van der Waals surface area contributed by atoms with E-state index in [1.165, 1.54) is 56.6 Å². The van der Waals surface area contributed by atoms with Gasteiger partial charge in [0.05, 0.1) is 38.4 Å². The SMILES string of the molecule is [2H]c1cc(-c2c([2H])c([2H])c([2H])c([2H])c2Nc2cccc(N(c3cc(C(C)(C)C)ccc3[B]c3ccc(Nc4c([2H])c([2H])c([2H])c([2H])c4-c4cc([2H])c([2H])c([2H])c4[2H])cc3Nc3ccccc3-c3ccc4c(c3)C3(c5ccccc5-c5ccccc53)c3ccccc3-4)c3ccccc3-c3ccc4c(c3)C3(c5ccccc5-c5ccccc53)c3ccccc3-4)c2)c([2H])c([2H])c1[2H]. The highest BCUT2D eigenvalue weighted by atomic mass is 15.1. The van der Waals surface area contributed by atoms with Crippen LogP contribution in [0.25, 0.3) is 89.0 Å². The lowest BCUT2D eigenvalue weighted by Gasteiger charge is -2.33. The second-order valence-electron chi connectivity index (χ2n) is 30.2. The van der Waals surface area contributed by atoms with Crippen LogP contribution >= 0.6 is 0 Å². The quantitative estimate of drug-likeness (QED) is 0.0895. The largest absolute Gasteiger partial charge is 0.355 e. The first kappa shape index (κ1) is 52.2. The Labute approximate surface area is 684 Å². The normalized spacial score (nSPS) is 15.0. The Kier molecular flexibility index (Phi) is 12.4. The summed E-state index contributed by atoms with van der Waals surface area (Å²) in [4.78, 5) is 2.20. The topological polar surface area (TPSA) is 39.3 Å². The Balaban J connectivity index is 0.774. The molecule has 21 rings (SSSR count). The van der Waals surface area contributed by atoms with Gasteiger partial charge in [0.2, 0.25) is 0 Å². The van der Waals surface area contributed by atoms with Gasteiger partial charge in [0, 0.05) is 67.8 Å². The van der Waals surface area contributed by atoms with Crippen molar-refractivity contribution in [2.45, 2.75) is 37.0 Å². The standard InChI is InChI=1S/C108H78BN4/c1-106(2,3)74-59-63-99(109-98-64-60-76(111-101-54-27-17-38-79(101)71-33-8-5-9-34-71)69-103(98)112-102-55-28-18-39-80(102)72-57-61-88-86-45-14-24-51-94(86)107(96(88)65-72)90-47-20-10-41-82(90)83-42-11-21-48-91(83)107)105(67-74)113(77-36-30-35-75(68-77)110-100-53-26-16-37-78(100)70-31-6-4-7-32-70)104-56-29-19-40-81(104)73-58-62-89-87-46-15-25-52-95(87)108(97(89)66-73)92-49-22-12-43-84(92)85-44-13-23-50-93(85)108/h4-69,110-112H,1-3H3/i4D,5D,6D,7D,8D,9D,16D,17D,26D,27D,31D,33D,37D,38D,53D,54D. The summed E-state index contributed by atoms with van der Waals surface area (Å²) in [5.74, 6) is 0. The zero-order valence-electron chi connectivity index (χ0n) is 77.9. The van der Waals surface area contributed by atoms with Crippen molar-refractivity contribution in [3.8, 4) is 89.0 Å². The lowest BCUT2D eigenvalue weighted by atomic mass is 9.62. The smallest absolute Gasteiger partial charge is 0.197 e. The van der Waals surface area contributed by atoms with Crippen LogP contribution in [0, 0.1) is 0 Å². The summed E-state index contributed by atoms with van der Waals surface area (Å²) >= 11 is 0. The lowest BCUT2D eigenvalue weighted by molar-refractivity contribution is 0.590. The summed E-state index contributed by atoms with van der Waals surface area (Å²) in [6, 6.07) is 95.9. The third-order valence-corrected chi connectivity index (χ3v) is 23.1. The highest BCUT2D eigenvalue weighted by Gasteiger charge is 2.53. The summed E-state index contributed by atoms with van der Waals surface area (Å²) in [7, 11) is 2.10. The van der Waals surface area contributed by atoms with E-state index in [1.807, 2.05) is 66.7 Å². The van der Waals surface area contributed by atoms with Crippen LogP contribution in [-0.4, -0.2) is 7.28 Å². The monoisotopic (exact) mass is 1460 g/mol. The average Bonchev–Trinajstić information content (AvgIpc) is 1.51. The molecule has 1 radical (unpaired) electrons. The van der Waals surface area contributed by atoms with Gasteiger partial charge in [-0.15, -0.1) is 0 Å². The fourth-order valence-electron chi connectivity index (χ4n) is 18.3. The van der Waals surface area contributed by atoms with Crippen molar-refractivity contribution in [1.29, 1.82) is 0 Å². The fourth-order valence-corrected chi connectivity index (χ4v) is 18.3. The van der Waals surface area contributed by atoms with Gasteiger partial charge in [-0.2, -0.15) is 0 Å². The van der Waals surface area contributed by atoms with E-state index in [-0.39, 0.29) is 33.6 Å². The Morgan fingerprint density at radius 3 is 1.20 bits per heavy atom. The summed E-state index contributed by atoms with van der Waals surface area (Å²) in [5, 5.41) is 10.7. The molecule has 0 saturated heterocycles. The van der Waals surface area contributed by atoms with Crippen molar-refractivity contribution >= 4 is 69.4 Å². The number of nitrogens with zero attached hydrogens (tertiary/aromatic N) is 1. The van der Waals surface area contributed by atoms with E-state index in [0.29, 0.717) is 45.0 Å². The van der Waals surface area contributed by atoms with E-state index in [0.717, 1.165) is 78.0 Å². The van der Waals surface area contributed by atoms with Crippen LogP contribution in [0.3, 0.4) is 0 Å². The highest BCUT2D eigenvalue weighted by molar-refractivity contribution is 6.70. The summed E-state index contributed by atoms with van der Waals surface area (Å²) in [6.07, 6.45) is 0. The highest BCUT2D eigenvalue weighted by Crippen LogP contribution is 2.65. The minimum atomic E-state index is -0.706. The molecule has 0 fully saturated rings. The number of anilines is 9. The molecule has 17 aromatic carbocycles. The molecule has 533 valence electrons. The fraction of sp³-hybridized carbons (Fsp3) is 0.0556. The predicted octanol–water partition coefficient (Wildman–Crippen LogP) is 26.7. The molecule has 4 aliphatic rings. The zero-order chi connectivity index (χ0) is 89.3. The van der Waals surface area contributed by atoms with Crippen molar-refractivity contribution in [1.82, 2.24) is 0 Å². The van der Waals surface area contributed by atoms with Crippen molar-refractivity contribution in [2.24, 2.45) is 0 Å². The second-order valence-corrected chi connectivity index (χ2v) is 30.2. The van der Waals surface area contributed by atoms with Crippen molar-refractivity contribution in [3.05, 3.63) is 450 Å². The molecule has 0 saturated carbocycles. The van der Waals surface area contributed by atoms with Gasteiger partial charge in [-0.05, 0) is 195 Å². The van der Waals surface area contributed by atoms with Gasteiger partial charge < -0.3 is 20.9 Å². The minimum absolute atomic E-state index is 0.116. The Hall–Kier alpha value is -14.0. The summed E-state index contributed by atoms with van der Waals surface area (Å²) < 4.78 is 145. The van der Waals surface area contributed by atoms with E-state index in [1.54, 1.807) is 6.07 Å². The van der Waals surface area contributed by atoms with Crippen molar-refractivity contribution in [3.63, 3.8) is 0 Å². The van der Waals surface area contributed by atoms with Gasteiger partial charge in [0.25, 0.3) is 0 Å². The van der Waals surface area contributed by atoms with E-state index in [2.05, 4.69) is 267 Å². The number of fused-ring (bicyclic) bond motifs is 20. The van der Waals surface area contributed by atoms with Crippen LogP contribution in [-0.2, 0) is 16.2 Å². The molecule has 0 aliphatic heterocycles. The molecule has 17 aromatic rings. The maximum atomic E-state index is 9.61. The van der Waals surface area contributed by atoms with Crippen LogP contribution in [0.1, 0.15) is 92.8 Å². The third-order valence-electron chi connectivity index (χ3n) is 23.1. The van der Waals surface area contributed by atoms with Crippen LogP contribution in [0.15, 0.2) is 400 Å². The molecular weight excluding hydrogens is 1360 g/mol.